The number of nitrogens with zero attached hydrogens (tertiary/aromatic N) is 1. The highest BCUT2D eigenvalue weighted by Crippen LogP contribution is 2.40. The predicted octanol–water partition coefficient (Wildman–Crippen LogP) is 1.72. The third kappa shape index (κ3) is 3.21. The maximum atomic E-state index is 12.4. The molecular formula is C17H21NO6. The van der Waals surface area contributed by atoms with Gasteiger partial charge in [0, 0.05) is 20.3 Å². The number of carbonyl (C=O) groups is 2. The van der Waals surface area contributed by atoms with Gasteiger partial charge < -0.3 is 24.6 Å². The fraction of sp³-hybridized carbons (Fsp3) is 0.412. The third-order valence-electron chi connectivity index (χ3n) is 3.95. The van der Waals surface area contributed by atoms with Gasteiger partial charge in [-0.2, -0.15) is 0 Å². The Morgan fingerprint density at radius 1 is 1.29 bits per heavy atom. The van der Waals surface area contributed by atoms with Crippen molar-refractivity contribution in [1.29, 1.82) is 0 Å². The van der Waals surface area contributed by atoms with Gasteiger partial charge in [-0.25, -0.2) is 0 Å². The second-order valence-corrected chi connectivity index (χ2v) is 5.50. The molecule has 1 heterocycles. The van der Waals surface area contributed by atoms with Gasteiger partial charge in [-0.15, -0.1) is 0 Å². The van der Waals surface area contributed by atoms with E-state index in [0.717, 1.165) is 0 Å². The normalized spacial score (nSPS) is 17.5. The number of hydrogen-bond acceptors (Lipinski definition) is 6. The number of carbonyl (C=O) groups excluding carboxylic acids is 2. The van der Waals surface area contributed by atoms with Crippen LogP contribution in [0, 0.1) is 0 Å². The summed E-state index contributed by atoms with van der Waals surface area (Å²) >= 11 is 0. The zero-order chi connectivity index (χ0) is 17.9. The van der Waals surface area contributed by atoms with Crippen molar-refractivity contribution in [3.8, 4) is 11.5 Å². The number of phenolic OH excluding ortho intramolecular Hbond substituents is 1. The Morgan fingerprint density at radius 3 is 2.58 bits per heavy atom. The number of methoxy groups -OCH3 is 2. The zero-order valence-corrected chi connectivity index (χ0v) is 13.9. The summed E-state index contributed by atoms with van der Waals surface area (Å²) in [5, 5.41) is 19.9. The first-order valence-electron chi connectivity index (χ1n) is 7.53. The number of ketones is 1. The lowest BCUT2D eigenvalue weighted by molar-refractivity contribution is -0.129. The smallest absolute Gasteiger partial charge is 0.290 e. The largest absolute Gasteiger partial charge is 0.504 e. The lowest BCUT2D eigenvalue weighted by atomic mass is 9.96. The van der Waals surface area contributed by atoms with Gasteiger partial charge in [0.15, 0.2) is 23.0 Å². The van der Waals surface area contributed by atoms with Crippen molar-refractivity contribution in [2.24, 2.45) is 0 Å². The van der Waals surface area contributed by atoms with E-state index >= 15 is 0 Å². The number of benzene rings is 1. The van der Waals surface area contributed by atoms with E-state index in [1.807, 2.05) is 0 Å². The van der Waals surface area contributed by atoms with Gasteiger partial charge >= 0.3 is 0 Å². The standard InChI is InChI=1S/C17H21NO6/c1-10(19)14-15(11-5-6-12(20)13(9-11)24-3)18(7-4-8-23-2)17(22)16(14)21/h5-6,9,15,20-21H,4,7-8H2,1-3H3. The molecule has 2 rings (SSSR count). The molecule has 1 amide bonds. The highest BCUT2D eigenvalue weighted by atomic mass is 16.5. The molecule has 1 atom stereocenters. The molecule has 2 N–H and O–H groups in total. The molecule has 7 heteroatoms. The summed E-state index contributed by atoms with van der Waals surface area (Å²) in [6, 6.07) is 3.86. The predicted molar refractivity (Wildman–Crippen MR) is 85.9 cm³/mol. The number of aliphatic hydroxyl groups is 1. The van der Waals surface area contributed by atoms with Gasteiger partial charge in [0.05, 0.1) is 18.7 Å². The Bertz CT molecular complexity index is 682. The number of aromatic hydroxyl groups is 1. The lowest BCUT2D eigenvalue weighted by Crippen LogP contribution is -2.32. The van der Waals surface area contributed by atoms with Gasteiger partial charge in [0.25, 0.3) is 5.91 Å². The van der Waals surface area contributed by atoms with Crippen molar-refractivity contribution < 1.29 is 29.3 Å². The topological polar surface area (TPSA) is 96.3 Å². The van der Waals surface area contributed by atoms with Crippen LogP contribution in [-0.2, 0) is 14.3 Å². The Balaban J connectivity index is 2.46. The average Bonchev–Trinajstić information content (AvgIpc) is 2.80. The molecular weight excluding hydrogens is 314 g/mol. The number of amides is 1. The summed E-state index contributed by atoms with van der Waals surface area (Å²) in [7, 11) is 2.97. The molecule has 0 spiro atoms. The van der Waals surface area contributed by atoms with E-state index in [0.29, 0.717) is 25.1 Å². The Kier molecular flexibility index (Phi) is 5.46. The molecule has 1 unspecified atom stereocenters. The van der Waals surface area contributed by atoms with Crippen LogP contribution in [0.5, 0.6) is 11.5 Å². The SMILES string of the molecule is COCCCN1C(=O)C(O)=C(C(C)=O)C1c1ccc(O)c(OC)c1. The van der Waals surface area contributed by atoms with E-state index in [-0.39, 0.29) is 22.9 Å². The fourth-order valence-electron chi connectivity index (χ4n) is 2.83. The minimum Gasteiger partial charge on any atom is -0.504 e. The average molecular weight is 335 g/mol. The van der Waals surface area contributed by atoms with Crippen molar-refractivity contribution in [3.05, 3.63) is 35.1 Å². The summed E-state index contributed by atoms with van der Waals surface area (Å²) in [5.41, 5.74) is 0.620. The Morgan fingerprint density at radius 2 is 2.00 bits per heavy atom. The summed E-state index contributed by atoms with van der Waals surface area (Å²) < 4.78 is 10.1. The number of rotatable bonds is 7. The van der Waals surface area contributed by atoms with Crippen molar-refractivity contribution in [2.45, 2.75) is 19.4 Å². The number of Topliss-reactive ketones (excluding diaryl/α,β-unsaturated/α-hetero) is 1. The molecule has 0 saturated carbocycles. The first kappa shape index (κ1) is 17.8. The molecule has 0 bridgehead atoms. The minimum absolute atomic E-state index is 0.0464. The highest BCUT2D eigenvalue weighted by Gasteiger charge is 2.42. The number of aliphatic hydroxyl groups excluding tert-OH is 1. The van der Waals surface area contributed by atoms with Gasteiger partial charge in [-0.1, -0.05) is 6.07 Å². The molecule has 0 radical (unpaired) electrons. The molecule has 1 aliphatic heterocycles. The third-order valence-corrected chi connectivity index (χ3v) is 3.95. The highest BCUT2D eigenvalue weighted by molar-refractivity contribution is 6.08. The van der Waals surface area contributed by atoms with Gasteiger partial charge in [0.1, 0.15) is 0 Å². The molecule has 7 nitrogen and oxygen atoms in total. The summed E-state index contributed by atoms with van der Waals surface area (Å²) in [6.07, 6.45) is 0.562. The zero-order valence-electron chi connectivity index (χ0n) is 13.9. The van der Waals surface area contributed by atoms with Gasteiger partial charge in [-0.05, 0) is 31.0 Å². The van der Waals surface area contributed by atoms with Crippen LogP contribution in [-0.4, -0.2) is 54.2 Å². The molecule has 0 saturated heterocycles. The second-order valence-electron chi connectivity index (χ2n) is 5.50. The summed E-state index contributed by atoms with van der Waals surface area (Å²) in [6.45, 7) is 2.08. The van der Waals surface area contributed by atoms with Crippen LogP contribution < -0.4 is 4.74 Å². The van der Waals surface area contributed by atoms with Crippen molar-refractivity contribution >= 4 is 11.7 Å². The maximum Gasteiger partial charge on any atom is 0.290 e. The maximum absolute atomic E-state index is 12.4. The molecule has 1 aliphatic rings. The van der Waals surface area contributed by atoms with E-state index in [1.165, 1.54) is 25.0 Å². The van der Waals surface area contributed by atoms with E-state index in [9.17, 15) is 19.8 Å². The molecule has 0 aromatic heterocycles. The quantitative estimate of drug-likeness (QED) is 0.737. The number of hydrogen-bond donors (Lipinski definition) is 2. The minimum atomic E-state index is -0.721. The summed E-state index contributed by atoms with van der Waals surface area (Å²) in [5.74, 6) is -1.32. The van der Waals surface area contributed by atoms with Crippen LogP contribution in [0.25, 0.3) is 0 Å². The molecule has 130 valence electrons. The van der Waals surface area contributed by atoms with Crippen LogP contribution >= 0.6 is 0 Å². The molecule has 1 aromatic carbocycles. The monoisotopic (exact) mass is 335 g/mol. The van der Waals surface area contributed by atoms with Crippen LogP contribution in [0.4, 0.5) is 0 Å². The fourth-order valence-corrected chi connectivity index (χ4v) is 2.83. The second kappa shape index (κ2) is 7.35. The van der Waals surface area contributed by atoms with E-state index in [1.54, 1.807) is 19.2 Å². The lowest BCUT2D eigenvalue weighted by Gasteiger charge is -2.26. The van der Waals surface area contributed by atoms with Crippen LogP contribution in [0.2, 0.25) is 0 Å². The first-order valence-corrected chi connectivity index (χ1v) is 7.53. The van der Waals surface area contributed by atoms with Crippen LogP contribution in [0.15, 0.2) is 29.5 Å². The molecule has 1 aromatic rings. The van der Waals surface area contributed by atoms with Gasteiger partial charge in [-0.3, -0.25) is 9.59 Å². The Hall–Kier alpha value is -2.54. The molecule has 0 aliphatic carbocycles. The van der Waals surface area contributed by atoms with Crippen molar-refractivity contribution in [3.63, 3.8) is 0 Å². The number of phenols is 1. The summed E-state index contributed by atoms with van der Waals surface area (Å²) in [4.78, 5) is 25.8. The van der Waals surface area contributed by atoms with Crippen molar-refractivity contribution in [2.75, 3.05) is 27.4 Å². The number of ether oxygens (including phenoxy) is 2. The van der Waals surface area contributed by atoms with E-state index in [4.69, 9.17) is 9.47 Å². The van der Waals surface area contributed by atoms with Gasteiger partial charge in [0.2, 0.25) is 0 Å². The first-order chi connectivity index (χ1) is 11.4. The van der Waals surface area contributed by atoms with E-state index < -0.39 is 17.7 Å². The molecule has 0 fully saturated rings. The molecule has 24 heavy (non-hydrogen) atoms. The Labute approximate surface area is 140 Å². The van der Waals surface area contributed by atoms with Crippen LogP contribution in [0.3, 0.4) is 0 Å². The van der Waals surface area contributed by atoms with Crippen LogP contribution in [0.1, 0.15) is 24.9 Å². The van der Waals surface area contributed by atoms with Crippen molar-refractivity contribution in [1.82, 2.24) is 4.90 Å². The van der Waals surface area contributed by atoms with E-state index in [2.05, 4.69) is 0 Å².